The van der Waals surface area contributed by atoms with Crippen molar-refractivity contribution in [3.63, 3.8) is 0 Å². The summed E-state index contributed by atoms with van der Waals surface area (Å²) in [6.07, 6.45) is 3.31. The standard InChI is InChI=1S/C15H17ClFNO2/c16-12-9-10(17)1-2-13(12)18-8-7-15(14(18)20)5-3-11(19)4-6-15/h1-2,9,11,19H,3-8H2. The Morgan fingerprint density at radius 3 is 2.65 bits per heavy atom. The van der Waals surface area contributed by atoms with Crippen LogP contribution >= 0.6 is 11.6 Å². The Bertz CT molecular complexity index is 541. The van der Waals surface area contributed by atoms with E-state index < -0.39 is 5.82 Å². The number of halogens is 2. The molecule has 1 saturated carbocycles. The maximum absolute atomic E-state index is 13.1. The monoisotopic (exact) mass is 297 g/mol. The van der Waals surface area contributed by atoms with E-state index in [0.717, 1.165) is 19.3 Å². The van der Waals surface area contributed by atoms with Gasteiger partial charge in [0.15, 0.2) is 0 Å². The van der Waals surface area contributed by atoms with Crippen molar-refractivity contribution in [2.45, 2.75) is 38.2 Å². The number of amides is 1. The summed E-state index contributed by atoms with van der Waals surface area (Å²) in [6, 6.07) is 4.12. The average molecular weight is 298 g/mol. The van der Waals surface area contributed by atoms with Crippen molar-refractivity contribution in [1.82, 2.24) is 0 Å². The molecule has 0 bridgehead atoms. The first-order valence-electron chi connectivity index (χ1n) is 6.97. The van der Waals surface area contributed by atoms with Gasteiger partial charge in [0.2, 0.25) is 5.91 Å². The van der Waals surface area contributed by atoms with Crippen LogP contribution in [-0.4, -0.2) is 23.7 Å². The second kappa shape index (κ2) is 5.01. The van der Waals surface area contributed by atoms with Crippen LogP contribution in [0.1, 0.15) is 32.1 Å². The second-order valence-corrected chi connectivity index (χ2v) is 6.22. The van der Waals surface area contributed by atoms with Crippen molar-refractivity contribution in [2.24, 2.45) is 5.41 Å². The number of hydrogen-bond donors (Lipinski definition) is 1. The summed E-state index contributed by atoms with van der Waals surface area (Å²) in [5, 5.41) is 9.88. The number of benzene rings is 1. The molecule has 1 aliphatic heterocycles. The van der Waals surface area contributed by atoms with Gasteiger partial charge >= 0.3 is 0 Å². The summed E-state index contributed by atoms with van der Waals surface area (Å²) < 4.78 is 13.1. The maximum atomic E-state index is 13.1. The molecule has 1 spiro atoms. The predicted octanol–water partition coefficient (Wildman–Crippen LogP) is 3.14. The van der Waals surface area contributed by atoms with E-state index in [1.807, 2.05) is 0 Å². The molecule has 0 radical (unpaired) electrons. The third-order valence-corrected chi connectivity index (χ3v) is 4.93. The molecule has 2 aliphatic rings. The van der Waals surface area contributed by atoms with Crippen LogP contribution in [0.25, 0.3) is 0 Å². The van der Waals surface area contributed by atoms with Crippen molar-refractivity contribution in [2.75, 3.05) is 11.4 Å². The van der Waals surface area contributed by atoms with Crippen molar-refractivity contribution in [1.29, 1.82) is 0 Å². The number of nitrogens with zero attached hydrogens (tertiary/aromatic N) is 1. The van der Waals surface area contributed by atoms with E-state index in [1.165, 1.54) is 12.1 Å². The minimum absolute atomic E-state index is 0.0675. The van der Waals surface area contributed by atoms with Crippen molar-refractivity contribution < 1.29 is 14.3 Å². The molecule has 3 nitrogen and oxygen atoms in total. The first kappa shape index (κ1) is 13.8. The van der Waals surface area contributed by atoms with Gasteiger partial charge in [-0.25, -0.2) is 4.39 Å². The number of aliphatic hydroxyl groups excluding tert-OH is 1. The molecule has 1 aromatic rings. The van der Waals surface area contributed by atoms with Crippen LogP contribution in [0.3, 0.4) is 0 Å². The van der Waals surface area contributed by atoms with Crippen LogP contribution < -0.4 is 4.90 Å². The van der Waals surface area contributed by atoms with E-state index in [4.69, 9.17) is 11.6 Å². The van der Waals surface area contributed by atoms with Crippen molar-refractivity contribution in [3.05, 3.63) is 29.0 Å². The van der Waals surface area contributed by atoms with Gasteiger partial charge in [-0.3, -0.25) is 4.79 Å². The van der Waals surface area contributed by atoms with Crippen LogP contribution in [0.2, 0.25) is 5.02 Å². The summed E-state index contributed by atoms with van der Waals surface area (Å²) in [4.78, 5) is 14.4. The summed E-state index contributed by atoms with van der Waals surface area (Å²) in [5.41, 5.74) is 0.234. The van der Waals surface area contributed by atoms with E-state index in [9.17, 15) is 14.3 Å². The molecule has 3 rings (SSSR count). The summed E-state index contributed by atoms with van der Waals surface area (Å²) in [6.45, 7) is 0.611. The largest absolute Gasteiger partial charge is 0.393 e. The van der Waals surface area contributed by atoms with E-state index >= 15 is 0 Å². The Balaban J connectivity index is 1.85. The molecule has 1 N–H and O–H groups in total. The van der Waals surface area contributed by atoms with Gasteiger partial charge in [0.25, 0.3) is 0 Å². The minimum Gasteiger partial charge on any atom is -0.393 e. The Labute approximate surface area is 122 Å². The zero-order valence-corrected chi connectivity index (χ0v) is 11.9. The Hall–Kier alpha value is -1.13. The first-order chi connectivity index (χ1) is 9.52. The highest BCUT2D eigenvalue weighted by Crippen LogP contribution is 2.46. The fraction of sp³-hybridized carbons (Fsp3) is 0.533. The molecule has 0 atom stereocenters. The number of carbonyl (C=O) groups excluding carboxylic acids is 1. The fourth-order valence-corrected chi connectivity index (χ4v) is 3.64. The molecule has 108 valence electrons. The predicted molar refractivity (Wildman–Crippen MR) is 75.3 cm³/mol. The molecule has 20 heavy (non-hydrogen) atoms. The SMILES string of the molecule is O=C1N(c2ccc(F)cc2Cl)CCC12CCC(O)CC2. The molecule has 1 aromatic carbocycles. The zero-order valence-electron chi connectivity index (χ0n) is 11.1. The van der Waals surface area contributed by atoms with Gasteiger partial charge in [-0.05, 0) is 50.3 Å². The minimum atomic E-state index is -0.402. The Morgan fingerprint density at radius 2 is 2.00 bits per heavy atom. The lowest BCUT2D eigenvalue weighted by Gasteiger charge is -2.33. The third kappa shape index (κ3) is 2.21. The Kier molecular flexibility index (Phi) is 3.46. The first-order valence-corrected chi connectivity index (χ1v) is 7.35. The summed E-state index contributed by atoms with van der Waals surface area (Å²) >= 11 is 6.05. The topological polar surface area (TPSA) is 40.5 Å². The van der Waals surface area contributed by atoms with Gasteiger partial charge < -0.3 is 10.0 Å². The molecule has 5 heteroatoms. The summed E-state index contributed by atoms with van der Waals surface area (Å²) in [7, 11) is 0. The maximum Gasteiger partial charge on any atom is 0.233 e. The van der Waals surface area contributed by atoms with Crippen LogP contribution in [-0.2, 0) is 4.79 Å². The van der Waals surface area contributed by atoms with Gasteiger partial charge in [0, 0.05) is 6.54 Å². The molecule has 0 aromatic heterocycles. The van der Waals surface area contributed by atoms with Gasteiger partial charge in [-0.15, -0.1) is 0 Å². The lowest BCUT2D eigenvalue weighted by Crippen LogP contribution is -2.38. The van der Waals surface area contributed by atoms with Gasteiger partial charge in [0.05, 0.1) is 22.2 Å². The second-order valence-electron chi connectivity index (χ2n) is 5.81. The Morgan fingerprint density at radius 1 is 1.30 bits per heavy atom. The quantitative estimate of drug-likeness (QED) is 0.865. The zero-order chi connectivity index (χ0) is 14.3. The molecule has 1 saturated heterocycles. The van der Waals surface area contributed by atoms with Gasteiger partial charge in [0.1, 0.15) is 5.82 Å². The lowest BCUT2D eigenvalue weighted by atomic mass is 9.72. The van der Waals surface area contributed by atoms with E-state index in [0.29, 0.717) is 25.1 Å². The number of hydrogen-bond acceptors (Lipinski definition) is 2. The summed E-state index contributed by atoms with van der Waals surface area (Å²) in [5.74, 6) is -0.334. The molecule has 1 amide bonds. The number of anilines is 1. The van der Waals surface area contributed by atoms with E-state index in [1.54, 1.807) is 11.0 Å². The van der Waals surface area contributed by atoms with Gasteiger partial charge in [-0.1, -0.05) is 11.6 Å². The normalized spacial score (nSPS) is 30.2. The number of rotatable bonds is 1. The number of carbonyl (C=O) groups is 1. The highest BCUT2D eigenvalue weighted by atomic mass is 35.5. The number of aliphatic hydroxyl groups is 1. The fourth-order valence-electron chi connectivity index (χ4n) is 3.37. The van der Waals surface area contributed by atoms with Crippen LogP contribution in [0.4, 0.5) is 10.1 Å². The van der Waals surface area contributed by atoms with E-state index in [2.05, 4.69) is 0 Å². The van der Waals surface area contributed by atoms with Crippen molar-refractivity contribution >= 4 is 23.2 Å². The molecule has 0 unspecified atom stereocenters. The lowest BCUT2D eigenvalue weighted by molar-refractivity contribution is -0.128. The molecular weight excluding hydrogens is 281 g/mol. The van der Waals surface area contributed by atoms with Crippen LogP contribution in [0.15, 0.2) is 18.2 Å². The van der Waals surface area contributed by atoms with Crippen LogP contribution in [0.5, 0.6) is 0 Å². The molecule has 1 heterocycles. The average Bonchev–Trinajstić information content (AvgIpc) is 2.72. The highest BCUT2D eigenvalue weighted by molar-refractivity contribution is 6.34. The molecule has 2 fully saturated rings. The third-order valence-electron chi connectivity index (χ3n) is 4.63. The van der Waals surface area contributed by atoms with Crippen molar-refractivity contribution in [3.8, 4) is 0 Å². The molecular formula is C15H17ClFNO2. The van der Waals surface area contributed by atoms with Gasteiger partial charge in [-0.2, -0.15) is 0 Å². The smallest absolute Gasteiger partial charge is 0.233 e. The van der Waals surface area contributed by atoms with Crippen LogP contribution in [0, 0.1) is 11.2 Å². The highest BCUT2D eigenvalue weighted by Gasteiger charge is 2.48. The van der Waals surface area contributed by atoms with E-state index in [-0.39, 0.29) is 22.4 Å². The molecule has 1 aliphatic carbocycles.